The van der Waals surface area contributed by atoms with Crippen LogP contribution >= 0.6 is 23.2 Å². The zero-order valence-electron chi connectivity index (χ0n) is 10.9. The van der Waals surface area contributed by atoms with E-state index in [9.17, 15) is 4.79 Å². The van der Waals surface area contributed by atoms with Crippen LogP contribution in [0.5, 0.6) is 0 Å². The van der Waals surface area contributed by atoms with E-state index in [-0.39, 0.29) is 12.3 Å². The van der Waals surface area contributed by atoms with E-state index in [2.05, 4.69) is 15.3 Å². The van der Waals surface area contributed by atoms with Gasteiger partial charge in [0.25, 0.3) is 0 Å². The number of fused-ring (bicyclic) bond motifs is 1. The fourth-order valence-electron chi connectivity index (χ4n) is 2.02. The van der Waals surface area contributed by atoms with Crippen molar-refractivity contribution < 1.29 is 4.79 Å². The largest absolute Gasteiger partial charge is 0.324 e. The number of carbonyl (C=O) groups is 1. The standard InChI is InChI=1S/C15H11Cl2N3O/c16-10-6-5-9(7-11(10)17)8-14(21)20-15-18-12-3-1-2-4-13(12)19-15/h1-7H,8H2,(H2,18,19,20,21). The maximum atomic E-state index is 12.0. The van der Waals surface area contributed by atoms with Gasteiger partial charge >= 0.3 is 0 Å². The molecule has 6 heteroatoms. The van der Waals surface area contributed by atoms with Gasteiger partial charge in [0.1, 0.15) is 0 Å². The van der Waals surface area contributed by atoms with E-state index in [4.69, 9.17) is 23.2 Å². The molecule has 0 aliphatic carbocycles. The van der Waals surface area contributed by atoms with Crippen LogP contribution in [0.25, 0.3) is 11.0 Å². The number of rotatable bonds is 3. The molecule has 3 aromatic rings. The topological polar surface area (TPSA) is 57.8 Å². The predicted octanol–water partition coefficient (Wildman–Crippen LogP) is 4.05. The first-order chi connectivity index (χ1) is 10.1. The first-order valence-corrected chi connectivity index (χ1v) is 7.06. The van der Waals surface area contributed by atoms with Crippen LogP contribution in [0.3, 0.4) is 0 Å². The molecule has 0 aliphatic rings. The molecule has 2 aromatic carbocycles. The average molecular weight is 320 g/mol. The third kappa shape index (κ3) is 3.17. The molecule has 3 rings (SSSR count). The van der Waals surface area contributed by atoms with Gasteiger partial charge in [0.15, 0.2) is 0 Å². The first kappa shape index (κ1) is 13.9. The lowest BCUT2D eigenvalue weighted by atomic mass is 10.1. The zero-order valence-corrected chi connectivity index (χ0v) is 12.4. The summed E-state index contributed by atoms with van der Waals surface area (Å²) in [5.74, 6) is 0.258. The van der Waals surface area contributed by atoms with Gasteiger partial charge in [-0.15, -0.1) is 0 Å². The predicted molar refractivity (Wildman–Crippen MR) is 84.9 cm³/mol. The summed E-state index contributed by atoms with van der Waals surface area (Å²) in [4.78, 5) is 19.3. The second-order valence-corrected chi connectivity index (χ2v) is 5.39. The Bertz CT molecular complexity index is 781. The van der Waals surface area contributed by atoms with Crippen LogP contribution in [0.2, 0.25) is 10.0 Å². The number of carbonyl (C=O) groups excluding carboxylic acids is 1. The molecular formula is C15H11Cl2N3O. The minimum Gasteiger partial charge on any atom is -0.324 e. The Balaban J connectivity index is 1.72. The maximum Gasteiger partial charge on any atom is 0.231 e. The Morgan fingerprint density at radius 1 is 1.14 bits per heavy atom. The van der Waals surface area contributed by atoms with Gasteiger partial charge < -0.3 is 4.98 Å². The summed E-state index contributed by atoms with van der Waals surface area (Å²) in [5.41, 5.74) is 2.47. The quantitative estimate of drug-likeness (QED) is 0.765. The van der Waals surface area contributed by atoms with Crippen LogP contribution < -0.4 is 5.32 Å². The monoisotopic (exact) mass is 319 g/mol. The minimum atomic E-state index is -0.174. The van der Waals surface area contributed by atoms with Crippen molar-refractivity contribution in [3.8, 4) is 0 Å². The van der Waals surface area contributed by atoms with Crippen molar-refractivity contribution in [2.24, 2.45) is 0 Å². The molecule has 0 aliphatic heterocycles. The highest BCUT2D eigenvalue weighted by molar-refractivity contribution is 6.42. The molecule has 1 heterocycles. The van der Waals surface area contributed by atoms with E-state index < -0.39 is 0 Å². The van der Waals surface area contributed by atoms with Crippen LogP contribution in [0, 0.1) is 0 Å². The molecule has 0 fully saturated rings. The molecule has 0 saturated heterocycles. The number of amides is 1. The summed E-state index contributed by atoms with van der Waals surface area (Å²) in [6.45, 7) is 0. The van der Waals surface area contributed by atoms with Crippen LogP contribution in [-0.4, -0.2) is 15.9 Å². The third-order valence-electron chi connectivity index (χ3n) is 3.00. The van der Waals surface area contributed by atoms with Gasteiger partial charge in [0.2, 0.25) is 11.9 Å². The third-order valence-corrected chi connectivity index (χ3v) is 3.73. The lowest BCUT2D eigenvalue weighted by Gasteiger charge is -2.03. The number of nitrogens with one attached hydrogen (secondary N) is 2. The summed E-state index contributed by atoms with van der Waals surface area (Å²) < 4.78 is 0. The van der Waals surface area contributed by atoms with Crippen molar-refractivity contribution in [2.45, 2.75) is 6.42 Å². The normalized spacial score (nSPS) is 10.8. The van der Waals surface area contributed by atoms with Crippen molar-refractivity contribution in [3.05, 3.63) is 58.1 Å². The summed E-state index contributed by atoms with van der Waals surface area (Å²) in [6, 6.07) is 12.7. The van der Waals surface area contributed by atoms with Crippen LogP contribution in [0.15, 0.2) is 42.5 Å². The molecule has 1 aromatic heterocycles. The van der Waals surface area contributed by atoms with E-state index in [1.165, 1.54) is 0 Å². The van der Waals surface area contributed by atoms with E-state index in [0.717, 1.165) is 16.6 Å². The molecule has 1 amide bonds. The smallest absolute Gasteiger partial charge is 0.231 e. The van der Waals surface area contributed by atoms with Crippen molar-refractivity contribution in [3.63, 3.8) is 0 Å². The Kier molecular flexibility index (Phi) is 3.82. The molecule has 0 spiro atoms. The second-order valence-electron chi connectivity index (χ2n) is 4.58. The van der Waals surface area contributed by atoms with E-state index in [0.29, 0.717) is 16.0 Å². The minimum absolute atomic E-state index is 0.174. The lowest BCUT2D eigenvalue weighted by molar-refractivity contribution is -0.115. The highest BCUT2D eigenvalue weighted by Crippen LogP contribution is 2.23. The van der Waals surface area contributed by atoms with Crippen molar-refractivity contribution in [1.82, 2.24) is 9.97 Å². The Hall–Kier alpha value is -2.04. The molecule has 0 atom stereocenters. The molecule has 21 heavy (non-hydrogen) atoms. The van der Waals surface area contributed by atoms with E-state index >= 15 is 0 Å². The summed E-state index contributed by atoms with van der Waals surface area (Å²) in [5, 5.41) is 3.64. The van der Waals surface area contributed by atoms with Crippen molar-refractivity contribution >= 4 is 46.1 Å². The molecule has 0 radical (unpaired) electrons. The summed E-state index contributed by atoms with van der Waals surface area (Å²) in [7, 11) is 0. The van der Waals surface area contributed by atoms with Gasteiger partial charge in [-0.2, -0.15) is 0 Å². The SMILES string of the molecule is O=C(Cc1ccc(Cl)c(Cl)c1)Nc1nc2ccccc2[nH]1. The average Bonchev–Trinajstić information content (AvgIpc) is 2.84. The molecule has 0 saturated carbocycles. The number of imidazole rings is 1. The summed E-state index contributed by atoms with van der Waals surface area (Å²) in [6.07, 6.45) is 0.202. The number of benzene rings is 2. The zero-order chi connectivity index (χ0) is 14.8. The number of H-pyrrole nitrogens is 1. The van der Waals surface area contributed by atoms with Gasteiger partial charge in [-0.05, 0) is 29.8 Å². The number of nitrogens with zero attached hydrogens (tertiary/aromatic N) is 1. The van der Waals surface area contributed by atoms with Gasteiger partial charge in [0.05, 0.1) is 27.5 Å². The van der Waals surface area contributed by atoms with Crippen LogP contribution in [0.1, 0.15) is 5.56 Å². The number of para-hydroxylation sites is 2. The first-order valence-electron chi connectivity index (χ1n) is 6.30. The van der Waals surface area contributed by atoms with Gasteiger partial charge in [-0.3, -0.25) is 10.1 Å². The second kappa shape index (κ2) is 5.76. The fraction of sp³-hybridized carbons (Fsp3) is 0.0667. The number of halogens is 2. The van der Waals surface area contributed by atoms with Crippen LogP contribution in [0.4, 0.5) is 5.95 Å². The molecule has 106 valence electrons. The lowest BCUT2D eigenvalue weighted by Crippen LogP contribution is -2.15. The van der Waals surface area contributed by atoms with Gasteiger partial charge in [0, 0.05) is 0 Å². The number of anilines is 1. The summed E-state index contributed by atoms with van der Waals surface area (Å²) >= 11 is 11.8. The Morgan fingerprint density at radius 2 is 1.95 bits per heavy atom. The number of hydrogen-bond donors (Lipinski definition) is 2. The van der Waals surface area contributed by atoms with E-state index in [1.807, 2.05) is 24.3 Å². The highest BCUT2D eigenvalue weighted by atomic mass is 35.5. The fourth-order valence-corrected chi connectivity index (χ4v) is 2.34. The van der Waals surface area contributed by atoms with E-state index in [1.54, 1.807) is 18.2 Å². The van der Waals surface area contributed by atoms with Crippen molar-refractivity contribution in [1.29, 1.82) is 0 Å². The molecule has 0 bridgehead atoms. The molecule has 4 nitrogen and oxygen atoms in total. The van der Waals surface area contributed by atoms with Gasteiger partial charge in [-0.25, -0.2) is 4.98 Å². The Labute approximate surface area is 131 Å². The van der Waals surface area contributed by atoms with Crippen molar-refractivity contribution in [2.75, 3.05) is 5.32 Å². The number of hydrogen-bond acceptors (Lipinski definition) is 2. The highest BCUT2D eigenvalue weighted by Gasteiger charge is 2.09. The number of aromatic amines is 1. The molecular weight excluding hydrogens is 309 g/mol. The number of aromatic nitrogens is 2. The molecule has 0 unspecified atom stereocenters. The maximum absolute atomic E-state index is 12.0. The molecule has 2 N–H and O–H groups in total. The Morgan fingerprint density at radius 3 is 2.71 bits per heavy atom. The van der Waals surface area contributed by atoms with Gasteiger partial charge in [-0.1, -0.05) is 41.4 Å². The van der Waals surface area contributed by atoms with Crippen LogP contribution in [-0.2, 0) is 11.2 Å².